The highest BCUT2D eigenvalue weighted by atomic mass is 35.5. The van der Waals surface area contributed by atoms with E-state index in [4.69, 9.17) is 21.1 Å². The van der Waals surface area contributed by atoms with Crippen molar-refractivity contribution in [3.8, 4) is 16.3 Å². The molecule has 0 spiro atoms. The second kappa shape index (κ2) is 6.24. The van der Waals surface area contributed by atoms with Gasteiger partial charge in [-0.25, -0.2) is 9.78 Å². The molecule has 20 heavy (non-hydrogen) atoms. The van der Waals surface area contributed by atoms with E-state index in [0.717, 1.165) is 10.4 Å². The number of aryl methyl sites for hydroxylation is 1. The van der Waals surface area contributed by atoms with Crippen LogP contribution in [0.2, 0.25) is 5.02 Å². The Morgan fingerprint density at radius 1 is 1.45 bits per heavy atom. The molecule has 0 aliphatic carbocycles. The number of hydrogen-bond acceptors (Lipinski definition) is 5. The molecule has 0 atom stereocenters. The summed E-state index contributed by atoms with van der Waals surface area (Å²) in [7, 11) is 1.57. The van der Waals surface area contributed by atoms with E-state index in [1.54, 1.807) is 26.2 Å². The predicted molar refractivity (Wildman–Crippen MR) is 79.8 cm³/mol. The number of aromatic nitrogens is 1. The SMILES string of the molecule is CCOC(=O)c1nc(-c2ccc(Cl)cc2OC)sc1C. The van der Waals surface area contributed by atoms with Gasteiger partial charge in [0.15, 0.2) is 5.69 Å². The number of esters is 1. The number of carbonyl (C=O) groups excluding carboxylic acids is 1. The van der Waals surface area contributed by atoms with Crippen molar-refractivity contribution in [1.82, 2.24) is 4.98 Å². The van der Waals surface area contributed by atoms with Crippen LogP contribution in [0.25, 0.3) is 10.6 Å². The lowest BCUT2D eigenvalue weighted by atomic mass is 10.2. The van der Waals surface area contributed by atoms with Crippen LogP contribution in [0.3, 0.4) is 0 Å². The number of methoxy groups -OCH3 is 1. The zero-order valence-corrected chi connectivity index (χ0v) is 13.0. The minimum atomic E-state index is -0.402. The van der Waals surface area contributed by atoms with E-state index < -0.39 is 5.97 Å². The Balaban J connectivity index is 2.44. The van der Waals surface area contributed by atoms with Crippen molar-refractivity contribution in [3.63, 3.8) is 0 Å². The monoisotopic (exact) mass is 311 g/mol. The largest absolute Gasteiger partial charge is 0.496 e. The Morgan fingerprint density at radius 3 is 2.85 bits per heavy atom. The zero-order valence-electron chi connectivity index (χ0n) is 11.4. The molecule has 1 heterocycles. The average Bonchev–Trinajstić information content (AvgIpc) is 2.80. The Labute approximate surface area is 126 Å². The van der Waals surface area contributed by atoms with Gasteiger partial charge in [0.05, 0.1) is 19.3 Å². The number of hydrogen-bond donors (Lipinski definition) is 0. The Morgan fingerprint density at radius 2 is 2.20 bits per heavy atom. The van der Waals surface area contributed by atoms with Crippen molar-refractivity contribution in [1.29, 1.82) is 0 Å². The third-order valence-corrected chi connectivity index (χ3v) is 3.90. The normalized spacial score (nSPS) is 10.4. The number of ether oxygens (including phenoxy) is 2. The maximum atomic E-state index is 11.8. The first-order valence-corrected chi connectivity index (χ1v) is 7.24. The van der Waals surface area contributed by atoms with Crippen molar-refractivity contribution in [3.05, 3.63) is 33.8 Å². The minimum Gasteiger partial charge on any atom is -0.496 e. The summed E-state index contributed by atoms with van der Waals surface area (Å²) in [6, 6.07) is 5.31. The molecule has 0 aliphatic heterocycles. The summed E-state index contributed by atoms with van der Waals surface area (Å²) in [5, 5.41) is 1.29. The second-order valence-electron chi connectivity index (χ2n) is 3.99. The van der Waals surface area contributed by atoms with Crippen LogP contribution in [-0.2, 0) is 4.74 Å². The topological polar surface area (TPSA) is 48.4 Å². The summed E-state index contributed by atoms with van der Waals surface area (Å²) in [5.74, 6) is 0.224. The Kier molecular flexibility index (Phi) is 4.62. The van der Waals surface area contributed by atoms with E-state index in [1.165, 1.54) is 11.3 Å². The maximum absolute atomic E-state index is 11.8. The van der Waals surface area contributed by atoms with Gasteiger partial charge in [0.2, 0.25) is 0 Å². The van der Waals surface area contributed by atoms with Gasteiger partial charge in [0, 0.05) is 9.90 Å². The van der Waals surface area contributed by atoms with E-state index in [2.05, 4.69) is 4.98 Å². The predicted octanol–water partition coefficient (Wildman–Crippen LogP) is 3.96. The van der Waals surface area contributed by atoms with Crippen LogP contribution >= 0.6 is 22.9 Å². The van der Waals surface area contributed by atoms with Gasteiger partial charge < -0.3 is 9.47 Å². The standard InChI is InChI=1S/C14H14ClNO3S/c1-4-19-14(17)12-8(2)20-13(16-12)10-6-5-9(15)7-11(10)18-3/h5-7H,4H2,1-3H3. The molecule has 0 unspecified atom stereocenters. The number of carbonyl (C=O) groups is 1. The fraction of sp³-hybridized carbons (Fsp3) is 0.286. The van der Waals surface area contributed by atoms with Crippen LogP contribution in [0.1, 0.15) is 22.3 Å². The summed E-state index contributed by atoms with van der Waals surface area (Å²) >= 11 is 7.36. The first-order chi connectivity index (χ1) is 9.56. The zero-order chi connectivity index (χ0) is 14.7. The molecule has 106 valence electrons. The third kappa shape index (κ3) is 2.94. The molecular weight excluding hydrogens is 298 g/mol. The molecule has 4 nitrogen and oxygen atoms in total. The van der Waals surface area contributed by atoms with Gasteiger partial charge in [0.25, 0.3) is 0 Å². The summed E-state index contributed by atoms with van der Waals surface area (Å²) in [6.45, 7) is 3.94. The van der Waals surface area contributed by atoms with Crippen LogP contribution in [-0.4, -0.2) is 24.7 Å². The minimum absolute atomic E-state index is 0.329. The smallest absolute Gasteiger partial charge is 0.358 e. The summed E-state index contributed by atoms with van der Waals surface area (Å²) < 4.78 is 10.3. The van der Waals surface area contributed by atoms with E-state index in [0.29, 0.717) is 28.1 Å². The van der Waals surface area contributed by atoms with Gasteiger partial charge in [-0.15, -0.1) is 11.3 Å². The Hall–Kier alpha value is -1.59. The molecular formula is C14H14ClNO3S. The molecule has 6 heteroatoms. The fourth-order valence-electron chi connectivity index (χ4n) is 1.74. The summed E-state index contributed by atoms with van der Waals surface area (Å²) in [6.07, 6.45) is 0. The molecule has 2 rings (SSSR count). The quantitative estimate of drug-likeness (QED) is 0.802. The molecule has 0 N–H and O–H groups in total. The molecule has 0 fully saturated rings. The molecule has 0 bridgehead atoms. The molecule has 0 saturated carbocycles. The molecule has 0 radical (unpaired) electrons. The highest BCUT2D eigenvalue weighted by Crippen LogP contribution is 2.36. The number of benzene rings is 1. The van der Waals surface area contributed by atoms with E-state index in [-0.39, 0.29) is 0 Å². The fourth-order valence-corrected chi connectivity index (χ4v) is 2.84. The van der Waals surface area contributed by atoms with Gasteiger partial charge in [-0.3, -0.25) is 0 Å². The molecule has 2 aromatic rings. The van der Waals surface area contributed by atoms with Crippen molar-refractivity contribution in [2.45, 2.75) is 13.8 Å². The summed E-state index contributed by atoms with van der Waals surface area (Å²) in [5.41, 5.74) is 1.16. The van der Waals surface area contributed by atoms with Gasteiger partial charge >= 0.3 is 5.97 Å². The second-order valence-corrected chi connectivity index (χ2v) is 5.63. The van der Waals surface area contributed by atoms with Gasteiger partial charge in [0.1, 0.15) is 10.8 Å². The maximum Gasteiger partial charge on any atom is 0.358 e. The van der Waals surface area contributed by atoms with Crippen LogP contribution in [0.15, 0.2) is 18.2 Å². The highest BCUT2D eigenvalue weighted by molar-refractivity contribution is 7.15. The molecule has 0 aliphatic rings. The molecule has 1 aromatic carbocycles. The van der Waals surface area contributed by atoms with Gasteiger partial charge in [-0.1, -0.05) is 11.6 Å². The lowest BCUT2D eigenvalue weighted by Gasteiger charge is -2.05. The van der Waals surface area contributed by atoms with Crippen molar-refractivity contribution in [2.24, 2.45) is 0 Å². The van der Waals surface area contributed by atoms with E-state index in [1.807, 2.05) is 13.0 Å². The van der Waals surface area contributed by atoms with Crippen LogP contribution in [0.4, 0.5) is 0 Å². The van der Waals surface area contributed by atoms with Crippen LogP contribution in [0.5, 0.6) is 5.75 Å². The molecule has 0 amide bonds. The van der Waals surface area contributed by atoms with Gasteiger partial charge in [-0.05, 0) is 32.0 Å². The third-order valence-electron chi connectivity index (χ3n) is 2.66. The first-order valence-electron chi connectivity index (χ1n) is 6.05. The van der Waals surface area contributed by atoms with Crippen molar-refractivity contribution in [2.75, 3.05) is 13.7 Å². The first kappa shape index (κ1) is 14.8. The van der Waals surface area contributed by atoms with E-state index in [9.17, 15) is 4.79 Å². The highest BCUT2D eigenvalue weighted by Gasteiger charge is 2.19. The number of halogens is 1. The van der Waals surface area contributed by atoms with Gasteiger partial charge in [-0.2, -0.15) is 0 Å². The van der Waals surface area contributed by atoms with Crippen LogP contribution < -0.4 is 4.74 Å². The lowest BCUT2D eigenvalue weighted by molar-refractivity contribution is 0.0519. The summed E-state index contributed by atoms with van der Waals surface area (Å²) in [4.78, 5) is 17.0. The number of rotatable bonds is 4. The number of nitrogens with zero attached hydrogens (tertiary/aromatic N) is 1. The van der Waals surface area contributed by atoms with Crippen molar-refractivity contribution >= 4 is 28.9 Å². The average molecular weight is 312 g/mol. The van der Waals surface area contributed by atoms with Crippen LogP contribution in [0, 0.1) is 6.92 Å². The van der Waals surface area contributed by atoms with Crippen molar-refractivity contribution < 1.29 is 14.3 Å². The van der Waals surface area contributed by atoms with E-state index >= 15 is 0 Å². The molecule has 1 aromatic heterocycles. The Bertz CT molecular complexity index is 639. The number of thiazole rings is 1. The molecule has 0 saturated heterocycles. The lowest BCUT2D eigenvalue weighted by Crippen LogP contribution is -2.06.